The molecule has 3 heterocycles. The molecule has 5 nitrogen and oxygen atoms in total. The van der Waals surface area contributed by atoms with Gasteiger partial charge in [0.2, 0.25) is 5.91 Å². The van der Waals surface area contributed by atoms with Crippen LogP contribution in [0, 0.1) is 11.7 Å². The zero-order valence-electron chi connectivity index (χ0n) is 13.3. The van der Waals surface area contributed by atoms with Crippen LogP contribution in [0.1, 0.15) is 32.1 Å². The van der Waals surface area contributed by atoms with Gasteiger partial charge in [-0.3, -0.25) is 4.79 Å². The van der Waals surface area contributed by atoms with Gasteiger partial charge in [0.1, 0.15) is 0 Å². The molecule has 3 rings (SSSR count). The Morgan fingerprint density at radius 3 is 3.00 bits per heavy atom. The summed E-state index contributed by atoms with van der Waals surface area (Å²) in [6.45, 7) is 2.36. The number of hydrogen-bond donors (Lipinski definition) is 1. The van der Waals surface area contributed by atoms with Gasteiger partial charge in [0.25, 0.3) is 0 Å². The molecule has 2 fully saturated rings. The number of piperidine rings is 2. The molecule has 0 saturated carbocycles. The molecule has 0 spiro atoms. The van der Waals surface area contributed by atoms with Crippen LogP contribution in [0.15, 0.2) is 18.3 Å². The summed E-state index contributed by atoms with van der Waals surface area (Å²) in [5.41, 5.74) is 0. The summed E-state index contributed by atoms with van der Waals surface area (Å²) in [7, 11) is 0. The molecule has 1 N–H and O–H groups in total. The molecule has 0 aromatic carbocycles. The number of carbonyl (C=O) groups excluding carboxylic acids is 1. The topological polar surface area (TPSA) is 56.7 Å². The number of halogens is 1. The van der Waals surface area contributed by atoms with Crippen LogP contribution in [0.25, 0.3) is 0 Å². The lowest BCUT2D eigenvalue weighted by Crippen LogP contribution is -2.56. The maximum Gasteiger partial charge on any atom is 0.222 e. The maximum absolute atomic E-state index is 14.0. The van der Waals surface area contributed by atoms with Crippen molar-refractivity contribution >= 4 is 11.7 Å². The summed E-state index contributed by atoms with van der Waals surface area (Å²) in [6.07, 6.45) is 5.47. The third-order valence-electron chi connectivity index (χ3n) is 4.99. The van der Waals surface area contributed by atoms with E-state index in [1.807, 2.05) is 9.80 Å². The van der Waals surface area contributed by atoms with E-state index in [9.17, 15) is 9.18 Å². The average molecular weight is 321 g/mol. The molecule has 2 atom stereocenters. The van der Waals surface area contributed by atoms with E-state index >= 15 is 0 Å². The number of rotatable bonds is 5. The molecule has 23 heavy (non-hydrogen) atoms. The second-order valence-electron chi connectivity index (χ2n) is 6.43. The van der Waals surface area contributed by atoms with Gasteiger partial charge in [-0.1, -0.05) is 0 Å². The predicted molar refractivity (Wildman–Crippen MR) is 85.6 cm³/mol. The zero-order valence-corrected chi connectivity index (χ0v) is 13.3. The summed E-state index contributed by atoms with van der Waals surface area (Å²) in [6, 6.07) is 3.30. The number of nitrogens with zero attached hydrogens (tertiary/aromatic N) is 3. The molecular weight excluding hydrogens is 297 g/mol. The molecule has 1 aromatic heterocycles. The van der Waals surface area contributed by atoms with Crippen LogP contribution in [-0.2, 0) is 4.79 Å². The first-order chi connectivity index (χ1) is 11.2. The Labute approximate surface area is 136 Å². The minimum absolute atomic E-state index is 0.170. The van der Waals surface area contributed by atoms with Crippen molar-refractivity contribution in [2.45, 2.75) is 38.1 Å². The van der Waals surface area contributed by atoms with Crippen molar-refractivity contribution < 1.29 is 14.3 Å². The number of hydrogen-bond acceptors (Lipinski definition) is 4. The third-order valence-corrected chi connectivity index (χ3v) is 4.99. The summed E-state index contributed by atoms with van der Waals surface area (Å²) < 4.78 is 14.0. The first-order valence-corrected chi connectivity index (χ1v) is 8.46. The number of aromatic nitrogens is 1. The minimum atomic E-state index is -0.280. The fraction of sp³-hybridized carbons (Fsp3) is 0.647. The molecule has 1 aromatic rings. The number of fused-ring (bicyclic) bond motifs is 1. The van der Waals surface area contributed by atoms with E-state index in [4.69, 9.17) is 5.11 Å². The van der Waals surface area contributed by atoms with Crippen molar-refractivity contribution in [3.8, 4) is 0 Å². The van der Waals surface area contributed by atoms with Crippen molar-refractivity contribution in [1.29, 1.82) is 0 Å². The molecule has 2 aliphatic rings. The van der Waals surface area contributed by atoms with Gasteiger partial charge in [0, 0.05) is 44.9 Å². The zero-order chi connectivity index (χ0) is 16.2. The van der Waals surface area contributed by atoms with Crippen LogP contribution in [0.2, 0.25) is 0 Å². The van der Waals surface area contributed by atoms with Gasteiger partial charge in [0.15, 0.2) is 11.6 Å². The molecule has 2 aliphatic heterocycles. The molecule has 0 bridgehead atoms. The third kappa shape index (κ3) is 3.47. The molecule has 1 amide bonds. The quantitative estimate of drug-likeness (QED) is 0.841. The van der Waals surface area contributed by atoms with E-state index in [1.54, 1.807) is 12.3 Å². The van der Waals surface area contributed by atoms with E-state index in [0.717, 1.165) is 45.3 Å². The van der Waals surface area contributed by atoms with Gasteiger partial charge in [-0.15, -0.1) is 0 Å². The Balaban J connectivity index is 1.67. The van der Waals surface area contributed by atoms with Gasteiger partial charge in [-0.25, -0.2) is 9.37 Å². The largest absolute Gasteiger partial charge is 0.396 e. The Bertz CT molecular complexity index is 554. The van der Waals surface area contributed by atoms with Gasteiger partial charge in [-0.05, 0) is 43.7 Å². The number of unbranched alkanes of at least 4 members (excludes halogenated alkanes) is 1. The Morgan fingerprint density at radius 1 is 1.35 bits per heavy atom. The lowest BCUT2D eigenvalue weighted by molar-refractivity contribution is -0.139. The number of pyridine rings is 1. The SMILES string of the molecule is O=C1CC[C@H]2CN(c3ncccc3F)CC[C@H]2N1CCCCO. The van der Waals surface area contributed by atoms with Crippen LogP contribution >= 0.6 is 0 Å². The highest BCUT2D eigenvalue weighted by atomic mass is 19.1. The highest BCUT2D eigenvalue weighted by Gasteiger charge is 2.39. The fourth-order valence-corrected chi connectivity index (χ4v) is 3.84. The summed E-state index contributed by atoms with van der Waals surface area (Å²) in [4.78, 5) is 20.4. The second-order valence-corrected chi connectivity index (χ2v) is 6.43. The van der Waals surface area contributed by atoms with Crippen molar-refractivity contribution in [3.63, 3.8) is 0 Å². The van der Waals surface area contributed by atoms with Crippen LogP contribution in [0.4, 0.5) is 10.2 Å². The van der Waals surface area contributed by atoms with E-state index in [0.29, 0.717) is 18.2 Å². The normalized spacial score (nSPS) is 24.7. The van der Waals surface area contributed by atoms with Crippen LogP contribution in [0.3, 0.4) is 0 Å². The Morgan fingerprint density at radius 2 is 2.22 bits per heavy atom. The van der Waals surface area contributed by atoms with Gasteiger partial charge >= 0.3 is 0 Å². The molecule has 0 aliphatic carbocycles. The number of likely N-dealkylation sites (tertiary alicyclic amines) is 1. The molecule has 126 valence electrons. The molecule has 6 heteroatoms. The molecule has 0 unspecified atom stereocenters. The monoisotopic (exact) mass is 321 g/mol. The second kappa shape index (κ2) is 7.25. The molecular formula is C17H24FN3O2. The lowest BCUT2D eigenvalue weighted by atomic mass is 9.83. The predicted octanol–water partition coefficient (Wildman–Crippen LogP) is 1.81. The number of carbonyl (C=O) groups is 1. The maximum atomic E-state index is 14.0. The first kappa shape index (κ1) is 16.2. The Hall–Kier alpha value is -1.69. The minimum Gasteiger partial charge on any atom is -0.396 e. The average Bonchev–Trinajstić information content (AvgIpc) is 2.57. The van der Waals surface area contributed by atoms with Gasteiger partial charge < -0.3 is 14.9 Å². The molecule has 0 radical (unpaired) electrons. The van der Waals surface area contributed by atoms with Crippen LogP contribution in [-0.4, -0.2) is 53.2 Å². The van der Waals surface area contributed by atoms with E-state index in [1.165, 1.54) is 6.07 Å². The molecule has 2 saturated heterocycles. The summed E-state index contributed by atoms with van der Waals surface area (Å²) in [5.74, 6) is 0.742. The standard InChI is InChI=1S/C17H24FN3O2/c18-14-4-3-8-19-17(14)20-10-7-15-13(12-20)5-6-16(23)21(15)9-1-2-11-22/h3-4,8,13,15,22H,1-2,5-7,9-12H2/t13-,15+/m0/s1. The van der Waals surface area contributed by atoms with Gasteiger partial charge in [0.05, 0.1) is 0 Å². The van der Waals surface area contributed by atoms with Crippen LogP contribution < -0.4 is 4.90 Å². The smallest absolute Gasteiger partial charge is 0.222 e. The van der Waals surface area contributed by atoms with Crippen LogP contribution in [0.5, 0.6) is 0 Å². The number of anilines is 1. The Kier molecular flexibility index (Phi) is 5.10. The number of aliphatic hydroxyl groups excluding tert-OH is 1. The van der Waals surface area contributed by atoms with Crippen molar-refractivity contribution in [2.75, 3.05) is 31.1 Å². The van der Waals surface area contributed by atoms with Gasteiger partial charge in [-0.2, -0.15) is 0 Å². The summed E-state index contributed by atoms with van der Waals surface area (Å²) >= 11 is 0. The van der Waals surface area contributed by atoms with E-state index < -0.39 is 0 Å². The van der Waals surface area contributed by atoms with Crippen molar-refractivity contribution in [3.05, 3.63) is 24.1 Å². The first-order valence-electron chi connectivity index (χ1n) is 8.46. The van der Waals surface area contributed by atoms with Crippen molar-refractivity contribution in [1.82, 2.24) is 9.88 Å². The highest BCUT2D eigenvalue weighted by Crippen LogP contribution is 2.33. The van der Waals surface area contributed by atoms with E-state index in [-0.39, 0.29) is 24.4 Å². The fourth-order valence-electron chi connectivity index (χ4n) is 3.84. The number of aliphatic hydroxyl groups is 1. The highest BCUT2D eigenvalue weighted by molar-refractivity contribution is 5.77. The summed E-state index contributed by atoms with van der Waals surface area (Å²) in [5, 5.41) is 8.93. The number of amides is 1. The van der Waals surface area contributed by atoms with E-state index in [2.05, 4.69) is 4.98 Å². The van der Waals surface area contributed by atoms with Crippen molar-refractivity contribution in [2.24, 2.45) is 5.92 Å². The lowest BCUT2D eigenvalue weighted by Gasteiger charge is -2.47.